The fourth-order valence-electron chi connectivity index (χ4n) is 2.40. The van der Waals surface area contributed by atoms with E-state index in [1.165, 1.54) is 17.0 Å². The highest BCUT2D eigenvalue weighted by Crippen LogP contribution is 2.23. The maximum Gasteiger partial charge on any atom is 0.387 e. The molecule has 0 bridgehead atoms. The average Bonchev–Trinajstić information content (AvgIpc) is 2.69. The van der Waals surface area contributed by atoms with Crippen molar-refractivity contribution in [3.05, 3.63) is 29.8 Å². The van der Waals surface area contributed by atoms with Crippen LogP contribution in [0, 0.1) is 5.92 Å². The number of hydrogen-bond donors (Lipinski definition) is 0. The van der Waals surface area contributed by atoms with E-state index in [-0.39, 0.29) is 36.3 Å². The van der Waals surface area contributed by atoms with Gasteiger partial charge in [-0.3, -0.25) is 4.79 Å². The second kappa shape index (κ2) is 6.78. The first kappa shape index (κ1) is 17.0. The van der Waals surface area contributed by atoms with Gasteiger partial charge in [0.2, 0.25) is 15.0 Å². The molecule has 0 aromatic heterocycles. The number of alkyl halides is 2. The number of halogens is 3. The van der Waals surface area contributed by atoms with Crippen molar-refractivity contribution in [2.45, 2.75) is 19.6 Å². The molecule has 1 aliphatic heterocycles. The predicted octanol–water partition coefficient (Wildman–Crippen LogP) is 2.21. The summed E-state index contributed by atoms with van der Waals surface area (Å²) in [6.45, 7) is -2.29. The molecule has 9 heteroatoms. The molecule has 1 atom stereocenters. The lowest BCUT2D eigenvalue weighted by molar-refractivity contribution is -0.128. The average molecular weight is 354 g/mol. The van der Waals surface area contributed by atoms with Crippen molar-refractivity contribution >= 4 is 25.6 Å². The molecule has 1 aliphatic rings. The zero-order valence-electron chi connectivity index (χ0n) is 11.4. The molecular weight excluding hydrogens is 340 g/mol. The first-order valence-electron chi connectivity index (χ1n) is 6.47. The summed E-state index contributed by atoms with van der Waals surface area (Å²) >= 11 is 0. The van der Waals surface area contributed by atoms with Crippen LogP contribution in [0.5, 0.6) is 5.75 Å². The standard InChI is InChI=1S/C13H14ClF2NO4S/c14-22(19,20)8-10-5-12(18)17(7-10)6-9-1-3-11(4-2-9)21-13(15)16/h1-4,10,13H,5-8H2. The van der Waals surface area contributed by atoms with E-state index in [9.17, 15) is 22.0 Å². The van der Waals surface area contributed by atoms with Crippen LogP contribution in [0.25, 0.3) is 0 Å². The van der Waals surface area contributed by atoms with Gasteiger partial charge in [0.05, 0.1) is 5.75 Å². The van der Waals surface area contributed by atoms with E-state index in [0.717, 1.165) is 5.56 Å². The second-order valence-electron chi connectivity index (χ2n) is 5.07. The van der Waals surface area contributed by atoms with E-state index < -0.39 is 15.7 Å². The highest BCUT2D eigenvalue weighted by Gasteiger charge is 2.32. The number of likely N-dealkylation sites (tertiary alicyclic amines) is 1. The van der Waals surface area contributed by atoms with Gasteiger partial charge >= 0.3 is 6.61 Å². The lowest BCUT2D eigenvalue weighted by Gasteiger charge is -2.16. The molecule has 0 aliphatic carbocycles. The van der Waals surface area contributed by atoms with Crippen LogP contribution in [0.1, 0.15) is 12.0 Å². The zero-order valence-corrected chi connectivity index (χ0v) is 13.0. The Bertz CT molecular complexity index is 636. The minimum Gasteiger partial charge on any atom is -0.435 e. The van der Waals surface area contributed by atoms with Crippen molar-refractivity contribution in [1.29, 1.82) is 0 Å². The van der Waals surface area contributed by atoms with E-state index >= 15 is 0 Å². The number of ether oxygens (including phenoxy) is 1. The SMILES string of the molecule is O=C1CC(CS(=O)(=O)Cl)CN1Cc1ccc(OC(F)F)cc1. The third-order valence-corrected chi connectivity index (χ3v) is 4.50. The number of carbonyl (C=O) groups is 1. The van der Waals surface area contributed by atoms with Crippen LogP contribution in [-0.2, 0) is 20.4 Å². The minimum absolute atomic E-state index is 0.0395. The fourth-order valence-corrected chi connectivity index (χ4v) is 3.72. The van der Waals surface area contributed by atoms with Crippen LogP contribution in [0.15, 0.2) is 24.3 Å². The third-order valence-electron chi connectivity index (χ3n) is 3.25. The normalized spacial score (nSPS) is 19.0. The van der Waals surface area contributed by atoms with Crippen LogP contribution in [-0.4, -0.2) is 38.1 Å². The first-order valence-corrected chi connectivity index (χ1v) is 8.94. The molecule has 1 saturated heterocycles. The van der Waals surface area contributed by atoms with Crippen molar-refractivity contribution in [1.82, 2.24) is 4.90 Å². The molecule has 5 nitrogen and oxygen atoms in total. The minimum atomic E-state index is -3.64. The predicted molar refractivity (Wildman–Crippen MR) is 76.2 cm³/mol. The molecule has 0 spiro atoms. The Morgan fingerprint density at radius 3 is 2.50 bits per heavy atom. The monoisotopic (exact) mass is 353 g/mol. The van der Waals surface area contributed by atoms with Crippen molar-refractivity contribution in [2.24, 2.45) is 5.92 Å². The summed E-state index contributed by atoms with van der Waals surface area (Å²) < 4.78 is 50.4. The van der Waals surface area contributed by atoms with Crippen LogP contribution < -0.4 is 4.74 Å². The van der Waals surface area contributed by atoms with Crippen LogP contribution >= 0.6 is 10.7 Å². The van der Waals surface area contributed by atoms with Crippen molar-refractivity contribution in [3.8, 4) is 5.75 Å². The molecule has 1 heterocycles. The van der Waals surface area contributed by atoms with Crippen LogP contribution in [0.4, 0.5) is 8.78 Å². The third kappa shape index (κ3) is 5.10. The summed E-state index contributed by atoms with van der Waals surface area (Å²) in [6.07, 6.45) is 0.137. The van der Waals surface area contributed by atoms with Gasteiger partial charge in [0.1, 0.15) is 5.75 Å². The van der Waals surface area contributed by atoms with Gasteiger partial charge in [0.25, 0.3) is 0 Å². The summed E-state index contributed by atoms with van der Waals surface area (Å²) in [4.78, 5) is 13.4. The molecule has 0 saturated carbocycles. The van der Waals surface area contributed by atoms with Gasteiger partial charge in [-0.15, -0.1) is 0 Å². The molecule has 1 fully saturated rings. The van der Waals surface area contributed by atoms with Crippen molar-refractivity contribution in [3.63, 3.8) is 0 Å². The number of nitrogens with zero attached hydrogens (tertiary/aromatic N) is 1. The lowest BCUT2D eigenvalue weighted by Crippen LogP contribution is -2.25. The van der Waals surface area contributed by atoms with E-state index in [1.54, 1.807) is 12.1 Å². The molecule has 22 heavy (non-hydrogen) atoms. The van der Waals surface area contributed by atoms with E-state index in [0.29, 0.717) is 6.54 Å². The maximum atomic E-state index is 12.0. The molecule has 1 unspecified atom stereocenters. The van der Waals surface area contributed by atoms with E-state index in [4.69, 9.17) is 10.7 Å². The summed E-state index contributed by atoms with van der Waals surface area (Å²) in [5.74, 6) is -0.676. The van der Waals surface area contributed by atoms with Gasteiger partial charge in [-0.05, 0) is 17.7 Å². The van der Waals surface area contributed by atoms with Gasteiger partial charge in [-0.25, -0.2) is 8.42 Å². The second-order valence-corrected chi connectivity index (χ2v) is 7.89. The number of benzene rings is 1. The van der Waals surface area contributed by atoms with E-state index in [1.807, 2.05) is 0 Å². The maximum absolute atomic E-state index is 12.0. The van der Waals surface area contributed by atoms with Gasteiger partial charge < -0.3 is 9.64 Å². The van der Waals surface area contributed by atoms with Crippen molar-refractivity contribution < 1.29 is 26.7 Å². The Morgan fingerprint density at radius 1 is 1.32 bits per heavy atom. The Morgan fingerprint density at radius 2 is 1.95 bits per heavy atom. The molecule has 1 aromatic carbocycles. The van der Waals surface area contributed by atoms with Gasteiger partial charge in [-0.2, -0.15) is 8.78 Å². The number of amides is 1. The Kier molecular flexibility index (Phi) is 5.23. The van der Waals surface area contributed by atoms with Gasteiger partial charge in [-0.1, -0.05) is 12.1 Å². The topological polar surface area (TPSA) is 63.7 Å². The Labute approximate surface area is 131 Å². The Hall–Kier alpha value is -1.41. The highest BCUT2D eigenvalue weighted by atomic mass is 35.7. The molecule has 2 rings (SSSR count). The quantitative estimate of drug-likeness (QED) is 0.735. The molecule has 1 aromatic rings. The Balaban J connectivity index is 1.94. The highest BCUT2D eigenvalue weighted by molar-refractivity contribution is 8.13. The van der Waals surface area contributed by atoms with Crippen molar-refractivity contribution in [2.75, 3.05) is 12.3 Å². The summed E-state index contributed by atoms with van der Waals surface area (Å²) in [7, 11) is 1.56. The fraction of sp³-hybridized carbons (Fsp3) is 0.462. The molecule has 1 amide bonds. The van der Waals surface area contributed by atoms with E-state index in [2.05, 4.69) is 4.74 Å². The number of carbonyl (C=O) groups excluding carboxylic acids is 1. The van der Waals surface area contributed by atoms with Gasteiger partial charge in [0, 0.05) is 36.1 Å². The smallest absolute Gasteiger partial charge is 0.387 e. The first-order chi connectivity index (χ1) is 10.2. The summed E-state index contributed by atoms with van der Waals surface area (Å²) in [6, 6.07) is 5.94. The van der Waals surface area contributed by atoms with Gasteiger partial charge in [0.15, 0.2) is 0 Å². The molecular formula is C13H14ClF2NO4S. The number of hydrogen-bond acceptors (Lipinski definition) is 4. The number of rotatable bonds is 6. The molecule has 122 valence electrons. The lowest BCUT2D eigenvalue weighted by atomic mass is 10.1. The summed E-state index contributed by atoms with van der Waals surface area (Å²) in [5.41, 5.74) is 0.740. The summed E-state index contributed by atoms with van der Waals surface area (Å²) in [5, 5.41) is 0. The van der Waals surface area contributed by atoms with Crippen LogP contribution in [0.3, 0.4) is 0 Å². The zero-order chi connectivity index (χ0) is 16.3. The molecule has 0 N–H and O–H groups in total. The molecule has 0 radical (unpaired) electrons. The van der Waals surface area contributed by atoms with Crippen LogP contribution in [0.2, 0.25) is 0 Å². The largest absolute Gasteiger partial charge is 0.435 e.